The fourth-order valence-electron chi connectivity index (χ4n) is 6.67. The molecule has 0 heterocycles. The first-order valence-electron chi connectivity index (χ1n) is 9.47. The van der Waals surface area contributed by atoms with Gasteiger partial charge >= 0.3 is 0 Å². The minimum Gasteiger partial charge on any atom is -0.508 e. The van der Waals surface area contributed by atoms with E-state index in [0.29, 0.717) is 35.5 Å². The Labute approximate surface area is 139 Å². The minimum atomic E-state index is 0.336. The van der Waals surface area contributed by atoms with Crippen molar-refractivity contribution >= 4 is 0 Å². The van der Waals surface area contributed by atoms with Gasteiger partial charge in [-0.3, -0.25) is 0 Å². The molecule has 3 aliphatic rings. The molecule has 0 spiro atoms. The number of benzene rings is 1. The number of aryl methyl sites for hydroxylation is 1. The zero-order chi connectivity index (χ0) is 16.2. The molecule has 0 amide bonds. The van der Waals surface area contributed by atoms with Crippen LogP contribution >= 0.6 is 0 Å². The molecule has 6 atom stereocenters. The van der Waals surface area contributed by atoms with Crippen LogP contribution in [0.4, 0.5) is 0 Å². The molecular formula is C21H30O2. The van der Waals surface area contributed by atoms with E-state index in [1.807, 2.05) is 12.1 Å². The Hall–Kier alpha value is -1.02. The van der Waals surface area contributed by atoms with Gasteiger partial charge in [0.2, 0.25) is 0 Å². The van der Waals surface area contributed by atoms with Gasteiger partial charge in [-0.2, -0.15) is 0 Å². The number of aromatic hydroxyl groups is 1. The van der Waals surface area contributed by atoms with E-state index < -0.39 is 0 Å². The zero-order valence-electron chi connectivity index (χ0n) is 14.5. The molecule has 0 aromatic heterocycles. The smallest absolute Gasteiger partial charge is 0.115 e. The van der Waals surface area contributed by atoms with E-state index in [-0.39, 0.29) is 0 Å². The number of hydrogen-bond donors (Lipinski definition) is 2. The molecule has 23 heavy (non-hydrogen) atoms. The first kappa shape index (κ1) is 15.5. The van der Waals surface area contributed by atoms with E-state index in [9.17, 15) is 10.2 Å². The molecule has 2 fully saturated rings. The van der Waals surface area contributed by atoms with Crippen LogP contribution in [0.5, 0.6) is 5.75 Å². The van der Waals surface area contributed by atoms with Gasteiger partial charge < -0.3 is 10.2 Å². The first-order chi connectivity index (χ1) is 11.0. The lowest BCUT2D eigenvalue weighted by molar-refractivity contribution is 0.00157. The maximum Gasteiger partial charge on any atom is 0.115 e. The molecular weight excluding hydrogens is 284 g/mol. The fourth-order valence-corrected chi connectivity index (χ4v) is 6.67. The number of fused-ring (bicyclic) bond motifs is 5. The van der Waals surface area contributed by atoms with Gasteiger partial charge in [0.25, 0.3) is 0 Å². The van der Waals surface area contributed by atoms with Crippen molar-refractivity contribution < 1.29 is 10.2 Å². The van der Waals surface area contributed by atoms with Gasteiger partial charge in [-0.15, -0.1) is 0 Å². The molecule has 0 saturated heterocycles. The summed E-state index contributed by atoms with van der Waals surface area (Å²) in [5.74, 6) is 3.87. The molecule has 1 unspecified atom stereocenters. The molecule has 2 nitrogen and oxygen atoms in total. The predicted octanol–water partition coefficient (Wildman–Crippen LogP) is 4.49. The Kier molecular flexibility index (Phi) is 3.72. The molecule has 1 aromatic rings. The topological polar surface area (TPSA) is 40.5 Å². The van der Waals surface area contributed by atoms with Gasteiger partial charge in [0, 0.05) is 6.61 Å². The van der Waals surface area contributed by atoms with Crippen LogP contribution in [0.15, 0.2) is 18.2 Å². The number of aliphatic hydroxyl groups is 1. The predicted molar refractivity (Wildman–Crippen MR) is 92.5 cm³/mol. The van der Waals surface area contributed by atoms with Crippen molar-refractivity contribution in [3.05, 3.63) is 29.3 Å². The van der Waals surface area contributed by atoms with Crippen molar-refractivity contribution in [3.63, 3.8) is 0 Å². The highest BCUT2D eigenvalue weighted by Crippen LogP contribution is 2.64. The maximum absolute atomic E-state index is 9.77. The maximum atomic E-state index is 9.77. The van der Waals surface area contributed by atoms with E-state index in [4.69, 9.17) is 0 Å². The third-order valence-electron chi connectivity index (χ3n) is 7.76. The SMILES string of the molecule is CC(CO)[C@H]1CC[C@H]2[C@@H]3CCc4cc(O)ccc4[C@H]3CC[C@]12C. The first-order valence-corrected chi connectivity index (χ1v) is 9.47. The van der Waals surface area contributed by atoms with Crippen LogP contribution in [0.25, 0.3) is 0 Å². The van der Waals surface area contributed by atoms with Crippen molar-refractivity contribution in [3.8, 4) is 5.75 Å². The number of aliphatic hydroxyl groups excluding tert-OH is 1. The van der Waals surface area contributed by atoms with E-state index >= 15 is 0 Å². The normalized spacial score (nSPS) is 40.1. The lowest BCUT2D eigenvalue weighted by atomic mass is 9.53. The number of rotatable bonds is 2. The Morgan fingerprint density at radius 2 is 2.04 bits per heavy atom. The van der Waals surface area contributed by atoms with Crippen molar-refractivity contribution in [2.45, 2.75) is 58.3 Å². The largest absolute Gasteiger partial charge is 0.508 e. The molecule has 0 aliphatic heterocycles. The third-order valence-corrected chi connectivity index (χ3v) is 7.76. The monoisotopic (exact) mass is 314 g/mol. The molecule has 2 saturated carbocycles. The molecule has 1 aromatic carbocycles. The third kappa shape index (κ3) is 2.25. The second kappa shape index (κ2) is 5.51. The van der Waals surface area contributed by atoms with Crippen LogP contribution in [0, 0.1) is 29.1 Å². The highest BCUT2D eigenvalue weighted by molar-refractivity contribution is 5.40. The number of hydrogen-bond acceptors (Lipinski definition) is 2. The minimum absolute atomic E-state index is 0.336. The summed E-state index contributed by atoms with van der Waals surface area (Å²) < 4.78 is 0. The van der Waals surface area contributed by atoms with Gasteiger partial charge in [-0.05, 0) is 96.8 Å². The molecule has 0 bridgehead atoms. The average Bonchev–Trinajstić information content (AvgIpc) is 2.90. The summed E-state index contributed by atoms with van der Waals surface area (Å²) in [5.41, 5.74) is 3.32. The zero-order valence-corrected chi connectivity index (χ0v) is 14.5. The summed E-state index contributed by atoms with van der Waals surface area (Å²) >= 11 is 0. The molecule has 3 aliphatic carbocycles. The Bertz CT molecular complexity index is 596. The van der Waals surface area contributed by atoms with Crippen molar-refractivity contribution in [2.24, 2.45) is 29.1 Å². The summed E-state index contributed by atoms with van der Waals surface area (Å²) in [7, 11) is 0. The summed E-state index contributed by atoms with van der Waals surface area (Å²) in [6, 6.07) is 6.05. The van der Waals surface area contributed by atoms with Crippen LogP contribution in [0.1, 0.15) is 63.0 Å². The van der Waals surface area contributed by atoms with Crippen LogP contribution in [-0.2, 0) is 6.42 Å². The summed E-state index contributed by atoms with van der Waals surface area (Å²) in [6.45, 7) is 5.09. The van der Waals surface area contributed by atoms with Gasteiger partial charge in [-0.25, -0.2) is 0 Å². The van der Waals surface area contributed by atoms with Crippen LogP contribution in [0.3, 0.4) is 0 Å². The van der Waals surface area contributed by atoms with Crippen molar-refractivity contribution in [1.82, 2.24) is 0 Å². The molecule has 0 radical (unpaired) electrons. The Balaban J connectivity index is 1.65. The Morgan fingerprint density at radius 3 is 2.83 bits per heavy atom. The van der Waals surface area contributed by atoms with Gasteiger partial charge in [0.1, 0.15) is 5.75 Å². The van der Waals surface area contributed by atoms with E-state index in [1.165, 1.54) is 43.2 Å². The highest BCUT2D eigenvalue weighted by Gasteiger charge is 2.55. The van der Waals surface area contributed by atoms with Crippen molar-refractivity contribution in [2.75, 3.05) is 6.61 Å². The van der Waals surface area contributed by atoms with Gasteiger partial charge in [0.15, 0.2) is 0 Å². The van der Waals surface area contributed by atoms with Crippen LogP contribution in [0.2, 0.25) is 0 Å². The highest BCUT2D eigenvalue weighted by atomic mass is 16.3. The quantitative estimate of drug-likeness (QED) is 0.844. The van der Waals surface area contributed by atoms with Gasteiger partial charge in [0.05, 0.1) is 0 Å². The van der Waals surface area contributed by atoms with Crippen molar-refractivity contribution in [1.29, 1.82) is 0 Å². The molecule has 2 N–H and O–H groups in total. The molecule has 2 heteroatoms. The summed E-state index contributed by atoms with van der Waals surface area (Å²) in [6.07, 6.45) is 7.63. The van der Waals surface area contributed by atoms with E-state index in [0.717, 1.165) is 18.3 Å². The van der Waals surface area contributed by atoms with E-state index in [1.54, 1.807) is 0 Å². The van der Waals surface area contributed by atoms with Gasteiger partial charge in [-0.1, -0.05) is 19.9 Å². The number of phenols is 1. The fraction of sp³-hybridized carbons (Fsp3) is 0.714. The second-order valence-electron chi connectivity index (χ2n) is 8.69. The summed E-state index contributed by atoms with van der Waals surface area (Å²) in [5, 5.41) is 19.4. The Morgan fingerprint density at radius 1 is 1.22 bits per heavy atom. The lowest BCUT2D eigenvalue weighted by Crippen LogP contribution is -2.43. The molecule has 4 rings (SSSR count). The second-order valence-corrected chi connectivity index (χ2v) is 8.69. The van der Waals surface area contributed by atoms with E-state index in [2.05, 4.69) is 19.9 Å². The lowest BCUT2D eigenvalue weighted by Gasteiger charge is -2.52. The van der Waals surface area contributed by atoms with Crippen LogP contribution < -0.4 is 0 Å². The summed E-state index contributed by atoms with van der Waals surface area (Å²) in [4.78, 5) is 0. The number of phenolic OH excluding ortho intramolecular Hbond substituents is 1. The van der Waals surface area contributed by atoms with Crippen LogP contribution in [-0.4, -0.2) is 16.8 Å². The average molecular weight is 314 g/mol. The molecule has 126 valence electrons. The standard InChI is InChI=1S/C21H30O2/c1-13(12-22)19-7-8-20-18-5-3-14-11-15(23)4-6-16(14)17(18)9-10-21(19,20)2/h4,6,11,13,17-20,22-23H,3,5,7-10,12H2,1-2H3/t13?,17-,18-,19-,20+,21-/m1/s1.